The molecule has 0 saturated heterocycles. The average Bonchev–Trinajstić information content (AvgIpc) is 3.47. The Morgan fingerprint density at radius 3 is 2.68 bits per heavy atom. The Bertz CT molecular complexity index is 836. The Morgan fingerprint density at radius 1 is 1.36 bits per heavy atom. The van der Waals surface area contributed by atoms with Crippen LogP contribution in [-0.2, 0) is 9.53 Å². The number of nitrogens with two attached hydrogens (primary N) is 1. The second-order valence-corrected chi connectivity index (χ2v) is 6.30. The number of hydrogen-bond donors (Lipinski definition) is 3. The number of nitrogens with zero attached hydrogens (tertiary/aromatic N) is 1. The molecule has 0 bridgehead atoms. The largest absolute Gasteiger partial charge is 0.502 e. The van der Waals surface area contributed by atoms with Gasteiger partial charge in [-0.1, -0.05) is 13.8 Å². The molecule has 156 valence electrons. The number of hydrogen-bond acceptors (Lipinski definition) is 7. The summed E-state index contributed by atoms with van der Waals surface area (Å²) in [6.45, 7) is 6.10. The first-order valence-electron chi connectivity index (χ1n) is 9.15. The minimum atomic E-state index is -0.618. The number of nitrogen functional groups attached to an aromatic ring is 1. The lowest BCUT2D eigenvalue weighted by atomic mass is 10.0. The molecule has 8 heteroatoms. The maximum atomic E-state index is 14.2. The fraction of sp³-hybridized carbons (Fsp3) is 0.400. The summed E-state index contributed by atoms with van der Waals surface area (Å²) in [6.07, 6.45) is 3.06. The minimum Gasteiger partial charge on any atom is -0.502 e. The lowest BCUT2D eigenvalue weighted by Crippen LogP contribution is -2.21. The van der Waals surface area contributed by atoms with Crippen LogP contribution in [0.4, 0.5) is 15.9 Å². The summed E-state index contributed by atoms with van der Waals surface area (Å²) in [5, 5.41) is 12.7. The molecule has 4 N–H and O–H groups in total. The van der Waals surface area contributed by atoms with Crippen molar-refractivity contribution in [2.24, 2.45) is 5.41 Å². The van der Waals surface area contributed by atoms with Gasteiger partial charge in [-0.05, 0) is 31.9 Å². The number of anilines is 2. The van der Waals surface area contributed by atoms with Crippen molar-refractivity contribution in [1.82, 2.24) is 4.98 Å². The highest BCUT2D eigenvalue weighted by molar-refractivity contribution is 5.85. The van der Waals surface area contributed by atoms with Gasteiger partial charge in [0, 0.05) is 26.9 Å². The molecule has 1 aliphatic carbocycles. The Balaban J connectivity index is 0.00000204. The summed E-state index contributed by atoms with van der Waals surface area (Å²) in [4.78, 5) is 15.2. The predicted molar refractivity (Wildman–Crippen MR) is 109 cm³/mol. The third-order valence-corrected chi connectivity index (χ3v) is 4.42. The zero-order valence-corrected chi connectivity index (χ0v) is 16.3. The average molecular weight is 395 g/mol. The molecule has 0 radical (unpaired) electrons. The van der Waals surface area contributed by atoms with Crippen LogP contribution in [-0.4, -0.2) is 29.2 Å². The highest BCUT2D eigenvalue weighted by Gasteiger charge is 2.47. The van der Waals surface area contributed by atoms with Crippen molar-refractivity contribution in [1.29, 1.82) is 0 Å². The number of ketones is 1. The van der Waals surface area contributed by atoms with E-state index in [9.17, 15) is 14.3 Å². The first-order chi connectivity index (χ1) is 13.4. The van der Waals surface area contributed by atoms with E-state index in [0.717, 1.165) is 12.8 Å². The Kier molecular flexibility index (Phi) is 7.17. The molecule has 2 aromatic rings. The van der Waals surface area contributed by atoms with E-state index in [-0.39, 0.29) is 43.8 Å². The number of rotatable bonds is 8. The van der Waals surface area contributed by atoms with E-state index in [0.29, 0.717) is 12.3 Å². The van der Waals surface area contributed by atoms with Crippen LogP contribution >= 0.6 is 0 Å². The molecular weight excluding hydrogens is 365 g/mol. The van der Waals surface area contributed by atoms with Gasteiger partial charge in [-0.15, -0.1) is 0 Å². The van der Waals surface area contributed by atoms with Gasteiger partial charge < -0.3 is 25.6 Å². The fourth-order valence-corrected chi connectivity index (χ4v) is 2.48. The summed E-state index contributed by atoms with van der Waals surface area (Å²) in [5.74, 6) is -0.971. The molecule has 0 amide bonds. The molecule has 7 nitrogen and oxygen atoms in total. The molecule has 3 rings (SSSR count). The van der Waals surface area contributed by atoms with E-state index in [1.54, 1.807) is 13.0 Å². The number of aromatic hydroxyl groups is 1. The summed E-state index contributed by atoms with van der Waals surface area (Å²) >= 11 is 0. The summed E-state index contributed by atoms with van der Waals surface area (Å²) < 4.78 is 25.0. The molecule has 0 aliphatic heterocycles. The summed E-state index contributed by atoms with van der Waals surface area (Å²) in [6, 6.07) is 5.67. The maximum absolute atomic E-state index is 14.2. The Hall–Kier alpha value is -2.87. The second-order valence-electron chi connectivity index (χ2n) is 6.30. The number of Topliss-reactive ketones (excluding diaryl/α,β-unsaturated/α-hetero) is 1. The van der Waals surface area contributed by atoms with Crippen molar-refractivity contribution in [3.05, 3.63) is 36.3 Å². The van der Waals surface area contributed by atoms with E-state index >= 15 is 0 Å². The molecule has 1 aliphatic rings. The molecular formula is C20H30FN3O4. The van der Waals surface area contributed by atoms with Crippen LogP contribution < -0.4 is 15.8 Å². The topological polar surface area (TPSA) is 107 Å². The number of aromatic nitrogens is 1. The highest BCUT2D eigenvalue weighted by atomic mass is 19.1. The van der Waals surface area contributed by atoms with Gasteiger partial charge in [0.2, 0.25) is 5.75 Å². The molecule has 0 unspecified atom stereocenters. The SMILES string of the molecule is CC.CC(=O)C1(COCNc2ccc(Oc3ccnc(N)c3O)c(F)c2)CC1.[HH].[HH]. The molecule has 1 aromatic heterocycles. The van der Waals surface area contributed by atoms with Crippen LogP contribution in [0.5, 0.6) is 17.2 Å². The van der Waals surface area contributed by atoms with Gasteiger partial charge >= 0.3 is 0 Å². The fourth-order valence-electron chi connectivity index (χ4n) is 2.48. The first kappa shape index (κ1) is 21.4. The van der Waals surface area contributed by atoms with Crippen LogP contribution in [0.2, 0.25) is 0 Å². The van der Waals surface area contributed by atoms with Gasteiger partial charge in [0.05, 0.1) is 12.0 Å². The van der Waals surface area contributed by atoms with Crippen molar-refractivity contribution >= 4 is 17.3 Å². The number of nitrogens with one attached hydrogen (secondary N) is 1. The number of pyridine rings is 1. The maximum Gasteiger partial charge on any atom is 0.201 e. The summed E-state index contributed by atoms with van der Waals surface area (Å²) in [7, 11) is 0. The summed E-state index contributed by atoms with van der Waals surface area (Å²) in [5.41, 5.74) is 5.66. The standard InChI is InChI=1S/C18H20FN3O4.C2H6.2H2/c1-11(23)18(5-6-18)9-25-10-22-12-2-3-14(13(19)8-12)26-15-4-7-21-17(20)16(15)24;1-2;;/h2-4,7-8,22,24H,5-6,9-10H2,1H3,(H2,20,21);1-2H3;2*1H. The molecule has 1 heterocycles. The zero-order chi connectivity index (χ0) is 20.7. The molecule has 28 heavy (non-hydrogen) atoms. The van der Waals surface area contributed by atoms with E-state index in [1.165, 1.54) is 24.4 Å². The third kappa shape index (κ3) is 5.10. The number of halogens is 1. The first-order valence-corrected chi connectivity index (χ1v) is 9.15. The van der Waals surface area contributed by atoms with E-state index in [1.807, 2.05) is 13.8 Å². The lowest BCUT2D eigenvalue weighted by molar-refractivity contribution is -0.124. The third-order valence-electron chi connectivity index (χ3n) is 4.42. The quantitative estimate of drug-likeness (QED) is 0.444. The van der Waals surface area contributed by atoms with E-state index in [4.69, 9.17) is 15.2 Å². The van der Waals surface area contributed by atoms with Crippen LogP contribution in [0.25, 0.3) is 0 Å². The van der Waals surface area contributed by atoms with Gasteiger partial charge in [0.25, 0.3) is 0 Å². The smallest absolute Gasteiger partial charge is 0.201 e. The van der Waals surface area contributed by atoms with Gasteiger partial charge in [0.15, 0.2) is 23.1 Å². The number of carbonyl (C=O) groups excluding carboxylic acids is 1. The van der Waals surface area contributed by atoms with Gasteiger partial charge in [-0.3, -0.25) is 4.79 Å². The number of benzene rings is 1. The van der Waals surface area contributed by atoms with Crippen molar-refractivity contribution < 1.29 is 26.6 Å². The monoisotopic (exact) mass is 395 g/mol. The van der Waals surface area contributed by atoms with Gasteiger partial charge in [0.1, 0.15) is 12.5 Å². The predicted octanol–water partition coefficient (Wildman–Crippen LogP) is 4.57. The van der Waals surface area contributed by atoms with Gasteiger partial charge in [-0.25, -0.2) is 9.37 Å². The van der Waals surface area contributed by atoms with E-state index in [2.05, 4.69) is 10.3 Å². The highest BCUT2D eigenvalue weighted by Crippen LogP contribution is 2.46. The minimum absolute atomic E-state index is 0. The lowest BCUT2D eigenvalue weighted by Gasteiger charge is -2.14. The molecule has 1 aromatic carbocycles. The molecule has 1 fully saturated rings. The van der Waals surface area contributed by atoms with Crippen LogP contribution in [0.3, 0.4) is 0 Å². The number of ether oxygens (including phenoxy) is 2. The number of carbonyl (C=O) groups is 1. The van der Waals surface area contributed by atoms with Crippen LogP contribution in [0.1, 0.15) is 36.5 Å². The van der Waals surface area contributed by atoms with Crippen LogP contribution in [0.15, 0.2) is 30.5 Å². The zero-order valence-electron chi connectivity index (χ0n) is 16.3. The van der Waals surface area contributed by atoms with Crippen molar-refractivity contribution in [2.45, 2.75) is 33.6 Å². The van der Waals surface area contributed by atoms with Gasteiger partial charge in [-0.2, -0.15) is 0 Å². The molecule has 0 atom stereocenters. The molecule has 1 saturated carbocycles. The van der Waals surface area contributed by atoms with Crippen molar-refractivity contribution in [3.63, 3.8) is 0 Å². The van der Waals surface area contributed by atoms with Crippen molar-refractivity contribution in [3.8, 4) is 17.2 Å². The normalized spacial score (nSPS) is 13.9. The van der Waals surface area contributed by atoms with Crippen molar-refractivity contribution in [2.75, 3.05) is 24.4 Å². The Morgan fingerprint density at radius 2 is 2.07 bits per heavy atom. The molecule has 0 spiro atoms. The van der Waals surface area contributed by atoms with Crippen LogP contribution in [0, 0.1) is 11.2 Å². The Labute approximate surface area is 166 Å². The second kappa shape index (κ2) is 9.36. The van der Waals surface area contributed by atoms with E-state index < -0.39 is 5.82 Å².